The van der Waals surface area contributed by atoms with Crippen molar-refractivity contribution in [3.63, 3.8) is 0 Å². The van der Waals surface area contributed by atoms with Gasteiger partial charge >= 0.3 is 41.2 Å². The lowest BCUT2D eigenvalue weighted by molar-refractivity contribution is -0.490. The number of nitrogens with zero attached hydrogens (tertiary/aromatic N) is 1. The fourth-order valence-corrected chi connectivity index (χ4v) is 2.62. The van der Waals surface area contributed by atoms with Crippen LogP contribution in [0.4, 0.5) is 57.1 Å². The van der Waals surface area contributed by atoms with Gasteiger partial charge in [-0.2, -0.15) is 48.3 Å². The summed E-state index contributed by atoms with van der Waals surface area (Å²) in [6, 6.07) is 0. The van der Waals surface area contributed by atoms with Crippen LogP contribution < -0.4 is 5.32 Å². The van der Waals surface area contributed by atoms with E-state index in [-0.39, 0.29) is 13.0 Å². The largest absolute Gasteiger partial charge is 0.435 e. The van der Waals surface area contributed by atoms with Gasteiger partial charge in [-0.05, 0) is 27.1 Å². The fraction of sp³-hybridized carbons (Fsp3) is 0.923. The molecule has 1 aliphatic rings. The number of alkyl halides is 13. The number of halogens is 13. The Morgan fingerprint density at radius 3 is 1.48 bits per heavy atom. The number of carbonyl (C=O) groups is 1. The molecular weight excluding hydrogens is 447 g/mol. The Hall–Kier alpha value is -1.48. The molecule has 1 rings (SSSR count). The van der Waals surface area contributed by atoms with Gasteiger partial charge in [0.1, 0.15) is 0 Å². The molecule has 0 spiro atoms. The van der Waals surface area contributed by atoms with Crippen LogP contribution >= 0.6 is 0 Å². The molecule has 1 aliphatic carbocycles. The molecule has 0 heterocycles. The maximum atomic E-state index is 14.4. The van der Waals surface area contributed by atoms with E-state index < -0.39 is 53.7 Å². The highest BCUT2D eigenvalue weighted by Crippen LogP contribution is 2.72. The molecular formula is C13H13F13N2O. The Labute approximate surface area is 154 Å². The van der Waals surface area contributed by atoms with Crippen molar-refractivity contribution in [3.8, 4) is 0 Å². The normalized spacial score (nSPS) is 32.8. The van der Waals surface area contributed by atoms with Crippen molar-refractivity contribution < 1.29 is 61.9 Å². The first-order valence-electron chi connectivity index (χ1n) is 7.48. The van der Waals surface area contributed by atoms with Crippen molar-refractivity contribution in [3.05, 3.63) is 0 Å². The van der Waals surface area contributed by atoms with Crippen molar-refractivity contribution in [2.45, 2.75) is 47.6 Å². The third-order valence-electron chi connectivity index (χ3n) is 4.29. The second-order valence-corrected chi connectivity index (χ2v) is 6.53. The van der Waals surface area contributed by atoms with Crippen molar-refractivity contribution in [1.29, 1.82) is 0 Å². The average molecular weight is 460 g/mol. The first-order chi connectivity index (χ1) is 12.6. The van der Waals surface area contributed by atoms with Gasteiger partial charge in [0.05, 0.1) is 0 Å². The van der Waals surface area contributed by atoms with Gasteiger partial charge in [-0.15, -0.1) is 0 Å². The number of hydrogen-bond acceptors (Lipinski definition) is 2. The number of carbonyl (C=O) groups excluding carboxylic acids is 1. The van der Waals surface area contributed by atoms with Crippen LogP contribution in [0.15, 0.2) is 0 Å². The van der Waals surface area contributed by atoms with E-state index in [1.165, 1.54) is 19.0 Å². The first-order valence-corrected chi connectivity index (χ1v) is 7.48. The van der Waals surface area contributed by atoms with E-state index in [0.29, 0.717) is 0 Å². The van der Waals surface area contributed by atoms with Gasteiger partial charge in [0.25, 0.3) is 5.91 Å². The molecule has 0 aliphatic heterocycles. The lowest BCUT2D eigenvalue weighted by Crippen LogP contribution is -2.89. The summed E-state index contributed by atoms with van der Waals surface area (Å²) in [7, 11) is 2.84. The third-order valence-corrected chi connectivity index (χ3v) is 4.29. The predicted octanol–water partition coefficient (Wildman–Crippen LogP) is 3.59. The van der Waals surface area contributed by atoms with E-state index in [1.807, 2.05) is 0 Å². The summed E-state index contributed by atoms with van der Waals surface area (Å²) in [5.74, 6) is -34.1. The molecule has 1 saturated carbocycles. The van der Waals surface area contributed by atoms with Gasteiger partial charge in [-0.3, -0.25) is 4.79 Å². The third kappa shape index (κ3) is 2.87. The minimum Gasteiger partial charge on any atom is -0.353 e. The standard InChI is InChI=1S/C13H13F13N2O/c1-28(2)5-3-4-27-6(29)7(14)9(16,17)11(20,21)8(15,13(24,25)26)12(22,23)10(7,18)19/h3-5H2,1-2H3,(H,27,29). The first kappa shape index (κ1) is 25.6. The Morgan fingerprint density at radius 2 is 1.17 bits per heavy atom. The van der Waals surface area contributed by atoms with Gasteiger partial charge < -0.3 is 10.2 Å². The molecule has 172 valence electrons. The molecule has 0 aromatic heterocycles. The second-order valence-electron chi connectivity index (χ2n) is 6.53. The number of rotatable bonds is 5. The number of amides is 1. The molecule has 1 fully saturated rings. The minimum atomic E-state index is -7.89. The summed E-state index contributed by atoms with van der Waals surface area (Å²) in [6.45, 7) is -0.994. The van der Waals surface area contributed by atoms with Gasteiger partial charge in [-0.1, -0.05) is 0 Å². The lowest BCUT2D eigenvalue weighted by Gasteiger charge is -2.54. The fourth-order valence-electron chi connectivity index (χ4n) is 2.62. The lowest BCUT2D eigenvalue weighted by atomic mass is 9.66. The van der Waals surface area contributed by atoms with E-state index in [2.05, 4.69) is 0 Å². The molecule has 16 heteroatoms. The Morgan fingerprint density at radius 1 is 0.793 bits per heavy atom. The highest BCUT2D eigenvalue weighted by atomic mass is 19.4. The molecule has 0 bridgehead atoms. The molecule has 0 aromatic rings. The van der Waals surface area contributed by atoms with Crippen LogP contribution in [0.2, 0.25) is 0 Å². The van der Waals surface area contributed by atoms with Gasteiger partial charge in [0.2, 0.25) is 0 Å². The summed E-state index contributed by atoms with van der Waals surface area (Å²) < 4.78 is 176. The van der Waals surface area contributed by atoms with Crippen molar-refractivity contribution in [2.24, 2.45) is 0 Å². The van der Waals surface area contributed by atoms with E-state index in [1.54, 1.807) is 0 Å². The molecule has 0 aromatic carbocycles. The molecule has 1 amide bonds. The van der Waals surface area contributed by atoms with Crippen LogP contribution in [-0.4, -0.2) is 79.2 Å². The summed E-state index contributed by atoms with van der Waals surface area (Å²) in [4.78, 5) is 12.9. The molecule has 3 nitrogen and oxygen atoms in total. The van der Waals surface area contributed by atoms with Gasteiger partial charge in [0.15, 0.2) is 0 Å². The van der Waals surface area contributed by atoms with Gasteiger partial charge in [0, 0.05) is 6.54 Å². The van der Waals surface area contributed by atoms with Crippen LogP contribution in [0.5, 0.6) is 0 Å². The zero-order chi connectivity index (χ0) is 23.5. The van der Waals surface area contributed by atoms with Crippen LogP contribution in [0.25, 0.3) is 0 Å². The van der Waals surface area contributed by atoms with Crippen LogP contribution in [0, 0.1) is 0 Å². The minimum absolute atomic E-state index is 0.0136. The van der Waals surface area contributed by atoms with E-state index in [9.17, 15) is 61.9 Å². The summed E-state index contributed by atoms with van der Waals surface area (Å²) >= 11 is 0. The van der Waals surface area contributed by atoms with Crippen molar-refractivity contribution in [1.82, 2.24) is 10.2 Å². The topological polar surface area (TPSA) is 32.3 Å². The quantitative estimate of drug-likeness (QED) is 0.503. The highest BCUT2D eigenvalue weighted by Gasteiger charge is 3.06. The Bertz CT molecular complexity index is 615. The SMILES string of the molecule is CN(C)CCCNC(=O)C1(F)C(F)(F)C(F)(F)C(F)(C(F)(F)F)C(F)(F)C1(F)F. The molecule has 1 N–H and O–H groups in total. The highest BCUT2D eigenvalue weighted by molar-refractivity contribution is 5.89. The summed E-state index contributed by atoms with van der Waals surface area (Å²) in [5, 5.41) is 0.930. The van der Waals surface area contributed by atoms with Crippen molar-refractivity contribution >= 4 is 5.91 Å². The van der Waals surface area contributed by atoms with E-state index >= 15 is 0 Å². The zero-order valence-corrected chi connectivity index (χ0v) is 14.4. The van der Waals surface area contributed by atoms with Crippen LogP contribution in [0.1, 0.15) is 6.42 Å². The van der Waals surface area contributed by atoms with E-state index in [4.69, 9.17) is 0 Å². The molecule has 0 radical (unpaired) electrons. The molecule has 0 atom stereocenters. The monoisotopic (exact) mass is 460 g/mol. The van der Waals surface area contributed by atoms with Gasteiger partial charge in [-0.25, -0.2) is 8.78 Å². The molecule has 29 heavy (non-hydrogen) atoms. The maximum absolute atomic E-state index is 14.4. The smallest absolute Gasteiger partial charge is 0.353 e. The van der Waals surface area contributed by atoms with Crippen LogP contribution in [-0.2, 0) is 4.79 Å². The van der Waals surface area contributed by atoms with Crippen molar-refractivity contribution in [2.75, 3.05) is 27.2 Å². The number of nitrogens with one attached hydrogen (secondary N) is 1. The maximum Gasteiger partial charge on any atom is 0.435 e. The molecule has 0 saturated heterocycles. The Balaban J connectivity index is 3.61. The number of hydrogen-bond donors (Lipinski definition) is 1. The zero-order valence-electron chi connectivity index (χ0n) is 14.4. The average Bonchev–Trinajstić information content (AvgIpc) is 2.53. The summed E-state index contributed by atoms with van der Waals surface area (Å²) in [5.41, 5.74) is -14.8. The van der Waals surface area contributed by atoms with Crippen LogP contribution in [0.3, 0.4) is 0 Å². The van der Waals surface area contributed by atoms with E-state index in [0.717, 1.165) is 5.32 Å². The summed E-state index contributed by atoms with van der Waals surface area (Å²) in [6.07, 6.45) is -8.01. The predicted molar refractivity (Wildman–Crippen MR) is 69.7 cm³/mol. The Kier molecular flexibility index (Phi) is 5.96. The molecule has 0 unspecified atom stereocenters. The second kappa shape index (κ2) is 6.77.